The van der Waals surface area contributed by atoms with Crippen LogP contribution >= 0.6 is 0 Å². The lowest BCUT2D eigenvalue weighted by Gasteiger charge is -2.19. The summed E-state index contributed by atoms with van der Waals surface area (Å²) >= 11 is 0. The summed E-state index contributed by atoms with van der Waals surface area (Å²) in [6.45, 7) is 7.52. The van der Waals surface area contributed by atoms with E-state index < -0.39 is 23.5 Å². The van der Waals surface area contributed by atoms with E-state index in [1.807, 2.05) is 0 Å². The number of nitrogens with one attached hydrogen (secondary N) is 1. The van der Waals surface area contributed by atoms with Crippen LogP contribution < -0.4 is 5.32 Å². The molecule has 0 aliphatic carbocycles. The summed E-state index contributed by atoms with van der Waals surface area (Å²) in [6.07, 6.45) is 0.867. The number of hydrogen-bond acceptors (Lipinski definition) is 4. The Morgan fingerprint density at radius 2 is 2.05 bits per heavy atom. The van der Waals surface area contributed by atoms with Crippen molar-refractivity contribution in [2.75, 3.05) is 13.2 Å². The van der Waals surface area contributed by atoms with Crippen LogP contribution in [0, 0.1) is 5.82 Å². The summed E-state index contributed by atoms with van der Waals surface area (Å²) in [7, 11) is 0. The fourth-order valence-corrected chi connectivity index (χ4v) is 1.64. The van der Waals surface area contributed by atoms with Gasteiger partial charge in [-0.1, -0.05) is 0 Å². The minimum Gasteiger partial charge on any atom is -0.461 e. The van der Waals surface area contributed by atoms with Crippen LogP contribution in [-0.2, 0) is 16.0 Å². The maximum atomic E-state index is 13.6. The molecule has 6 nitrogen and oxygen atoms in total. The molecule has 1 amide bonds. The van der Waals surface area contributed by atoms with Gasteiger partial charge in [0.2, 0.25) is 0 Å². The van der Waals surface area contributed by atoms with Crippen LogP contribution in [0.1, 0.15) is 38.2 Å². The van der Waals surface area contributed by atoms with E-state index in [1.54, 1.807) is 27.7 Å². The molecule has 0 bridgehead atoms. The van der Waals surface area contributed by atoms with Crippen LogP contribution in [0.3, 0.4) is 0 Å². The van der Waals surface area contributed by atoms with Gasteiger partial charge in [0, 0.05) is 19.3 Å². The largest absolute Gasteiger partial charge is 0.461 e. The lowest BCUT2D eigenvalue weighted by Crippen LogP contribution is -2.34. The van der Waals surface area contributed by atoms with Crippen molar-refractivity contribution in [3.8, 4) is 0 Å². The first-order valence-corrected chi connectivity index (χ1v) is 6.73. The molecule has 0 spiro atoms. The Kier molecular flexibility index (Phi) is 5.75. The maximum absolute atomic E-state index is 13.6. The monoisotopic (exact) mass is 300 g/mol. The smallest absolute Gasteiger partial charge is 0.407 e. The van der Waals surface area contributed by atoms with Gasteiger partial charge in [0.05, 0.1) is 6.61 Å². The summed E-state index contributed by atoms with van der Waals surface area (Å²) in [4.78, 5) is 23.1. The van der Waals surface area contributed by atoms with Crippen molar-refractivity contribution in [1.29, 1.82) is 0 Å². The van der Waals surface area contributed by atoms with E-state index in [2.05, 4.69) is 5.32 Å². The first-order valence-electron chi connectivity index (χ1n) is 6.73. The molecular formula is C14H21FN2O4. The van der Waals surface area contributed by atoms with Crippen molar-refractivity contribution >= 4 is 12.1 Å². The second-order valence-corrected chi connectivity index (χ2v) is 5.35. The van der Waals surface area contributed by atoms with Gasteiger partial charge in [0.1, 0.15) is 5.60 Å². The number of carbonyl (C=O) groups is 2. The van der Waals surface area contributed by atoms with Gasteiger partial charge in [-0.15, -0.1) is 0 Å². The van der Waals surface area contributed by atoms with E-state index in [-0.39, 0.29) is 25.4 Å². The third-order valence-corrected chi connectivity index (χ3v) is 2.40. The standard InChI is InChI=1S/C14H21FN2O4/c1-5-20-12(18)11-10(15)6-8-17(11)9-7-16-13(19)21-14(2,3)4/h6,8H,5,7,9H2,1-4H3,(H,16,19). The molecule has 0 unspecified atom stereocenters. The number of carbonyl (C=O) groups excluding carboxylic acids is 2. The van der Waals surface area contributed by atoms with E-state index in [0.29, 0.717) is 0 Å². The molecule has 118 valence electrons. The molecule has 0 aromatic carbocycles. The van der Waals surface area contributed by atoms with Gasteiger partial charge < -0.3 is 19.4 Å². The number of halogens is 1. The third-order valence-electron chi connectivity index (χ3n) is 2.40. The van der Waals surface area contributed by atoms with Crippen LogP contribution in [0.5, 0.6) is 0 Å². The molecule has 1 heterocycles. The molecule has 0 aliphatic rings. The highest BCUT2D eigenvalue weighted by Gasteiger charge is 2.19. The zero-order valence-electron chi connectivity index (χ0n) is 12.7. The lowest BCUT2D eigenvalue weighted by molar-refractivity contribution is 0.0508. The molecule has 1 N–H and O–H groups in total. The summed E-state index contributed by atoms with van der Waals surface area (Å²) in [5.41, 5.74) is -0.734. The second kappa shape index (κ2) is 7.10. The van der Waals surface area contributed by atoms with Gasteiger partial charge in [-0.3, -0.25) is 0 Å². The fourth-order valence-electron chi connectivity index (χ4n) is 1.64. The van der Waals surface area contributed by atoms with Gasteiger partial charge in [-0.2, -0.15) is 0 Å². The number of ether oxygens (including phenoxy) is 2. The molecule has 1 aromatic heterocycles. The normalized spacial score (nSPS) is 11.1. The number of alkyl carbamates (subject to hydrolysis) is 1. The summed E-state index contributed by atoms with van der Waals surface area (Å²) in [5.74, 6) is -1.37. The Morgan fingerprint density at radius 1 is 1.38 bits per heavy atom. The highest BCUT2D eigenvalue weighted by atomic mass is 19.1. The number of aromatic nitrogens is 1. The van der Waals surface area contributed by atoms with E-state index in [0.717, 1.165) is 0 Å². The van der Waals surface area contributed by atoms with Crippen LogP contribution in [-0.4, -0.2) is 35.4 Å². The highest BCUT2D eigenvalue weighted by Crippen LogP contribution is 2.11. The first kappa shape index (κ1) is 17.0. The minimum atomic E-state index is -0.725. The van der Waals surface area contributed by atoms with Gasteiger partial charge in [-0.05, 0) is 33.8 Å². The Labute approximate surface area is 123 Å². The fraction of sp³-hybridized carbons (Fsp3) is 0.571. The molecule has 0 saturated heterocycles. The molecular weight excluding hydrogens is 279 g/mol. The molecule has 0 fully saturated rings. The number of esters is 1. The highest BCUT2D eigenvalue weighted by molar-refractivity contribution is 5.88. The quantitative estimate of drug-likeness (QED) is 0.847. The van der Waals surface area contributed by atoms with E-state index in [1.165, 1.54) is 16.8 Å². The van der Waals surface area contributed by atoms with Crippen molar-refractivity contribution in [1.82, 2.24) is 9.88 Å². The van der Waals surface area contributed by atoms with Gasteiger partial charge >= 0.3 is 12.1 Å². The minimum absolute atomic E-state index is 0.150. The Hall–Kier alpha value is -2.05. The van der Waals surface area contributed by atoms with Crippen molar-refractivity contribution in [3.05, 3.63) is 23.8 Å². The molecule has 21 heavy (non-hydrogen) atoms. The van der Waals surface area contributed by atoms with Crippen LogP contribution in [0.25, 0.3) is 0 Å². The van der Waals surface area contributed by atoms with E-state index in [4.69, 9.17) is 9.47 Å². The van der Waals surface area contributed by atoms with Gasteiger partial charge in [0.15, 0.2) is 11.5 Å². The van der Waals surface area contributed by atoms with Crippen molar-refractivity contribution in [2.45, 2.75) is 39.8 Å². The Morgan fingerprint density at radius 3 is 2.62 bits per heavy atom. The van der Waals surface area contributed by atoms with E-state index >= 15 is 0 Å². The van der Waals surface area contributed by atoms with Crippen molar-refractivity contribution in [3.63, 3.8) is 0 Å². The summed E-state index contributed by atoms with van der Waals surface area (Å²) < 4.78 is 24.8. The number of nitrogens with zero attached hydrogens (tertiary/aromatic N) is 1. The predicted octanol–water partition coefficient (Wildman–Crippen LogP) is 2.33. The van der Waals surface area contributed by atoms with Crippen molar-refractivity contribution in [2.24, 2.45) is 0 Å². The molecule has 0 saturated carbocycles. The molecule has 1 rings (SSSR count). The average molecular weight is 300 g/mol. The average Bonchev–Trinajstić information content (AvgIpc) is 2.68. The summed E-state index contributed by atoms with van der Waals surface area (Å²) in [6, 6.07) is 1.18. The first-order chi connectivity index (χ1) is 9.74. The number of rotatable bonds is 5. The zero-order valence-corrected chi connectivity index (χ0v) is 12.7. The molecule has 0 radical (unpaired) electrons. The topological polar surface area (TPSA) is 69.6 Å². The Bertz CT molecular complexity index is 506. The van der Waals surface area contributed by atoms with E-state index in [9.17, 15) is 14.0 Å². The van der Waals surface area contributed by atoms with Crippen LogP contribution in [0.15, 0.2) is 12.3 Å². The predicted molar refractivity (Wildman–Crippen MR) is 74.6 cm³/mol. The number of amides is 1. The molecule has 1 aromatic rings. The lowest BCUT2D eigenvalue weighted by atomic mass is 10.2. The number of hydrogen-bond donors (Lipinski definition) is 1. The molecule has 0 atom stereocenters. The molecule has 0 aliphatic heterocycles. The van der Waals surface area contributed by atoms with Crippen molar-refractivity contribution < 1.29 is 23.5 Å². The SMILES string of the molecule is CCOC(=O)c1c(F)ccn1CCNC(=O)OC(C)(C)C. The second-order valence-electron chi connectivity index (χ2n) is 5.35. The Balaban J connectivity index is 2.57. The summed E-state index contributed by atoms with van der Waals surface area (Å²) in [5, 5.41) is 2.54. The van der Waals surface area contributed by atoms with Gasteiger partial charge in [0.25, 0.3) is 0 Å². The maximum Gasteiger partial charge on any atom is 0.407 e. The third kappa shape index (κ3) is 5.45. The van der Waals surface area contributed by atoms with Crippen LogP contribution in [0.4, 0.5) is 9.18 Å². The van der Waals surface area contributed by atoms with Crippen LogP contribution in [0.2, 0.25) is 0 Å². The van der Waals surface area contributed by atoms with Gasteiger partial charge in [-0.25, -0.2) is 14.0 Å². The molecule has 7 heteroatoms. The zero-order chi connectivity index (χ0) is 16.0.